The Hall–Kier alpha value is -2.19. The lowest BCUT2D eigenvalue weighted by atomic mass is 9.97. The van der Waals surface area contributed by atoms with Crippen LogP contribution in [0.3, 0.4) is 0 Å². The van der Waals surface area contributed by atoms with Crippen molar-refractivity contribution in [1.82, 2.24) is 0 Å². The van der Waals surface area contributed by atoms with Gasteiger partial charge in [-0.25, -0.2) is 4.90 Å². The van der Waals surface area contributed by atoms with Gasteiger partial charge in [0.1, 0.15) is 0 Å². The van der Waals surface area contributed by atoms with Gasteiger partial charge >= 0.3 is 5.91 Å². The second-order valence-electron chi connectivity index (χ2n) is 4.15. The molecular formula is C13H13N3O2. The Bertz CT molecular complexity index is 546. The van der Waals surface area contributed by atoms with Crippen molar-refractivity contribution in [3.63, 3.8) is 0 Å². The molecule has 0 spiro atoms. The lowest BCUT2D eigenvalue weighted by Gasteiger charge is -2.26. The molecule has 1 aliphatic heterocycles. The van der Waals surface area contributed by atoms with Gasteiger partial charge in [0.15, 0.2) is 6.07 Å². The lowest BCUT2D eigenvalue weighted by Crippen LogP contribution is -2.39. The molecule has 2 amide bonds. The number of rotatable bonds is 2. The number of nitrogens with zero attached hydrogens (tertiary/aromatic N) is 2. The van der Waals surface area contributed by atoms with Crippen LogP contribution in [0.1, 0.15) is 17.5 Å². The predicted octanol–water partition coefficient (Wildman–Crippen LogP) is 0.517. The van der Waals surface area contributed by atoms with E-state index in [1.54, 1.807) is 6.07 Å². The normalized spacial score (nSPS) is 14.0. The monoisotopic (exact) mass is 243 g/mol. The molecule has 1 aromatic rings. The van der Waals surface area contributed by atoms with Crippen LogP contribution in [0.5, 0.6) is 0 Å². The Morgan fingerprint density at radius 2 is 2.22 bits per heavy atom. The van der Waals surface area contributed by atoms with Gasteiger partial charge in [-0.1, -0.05) is 12.1 Å². The molecule has 1 heterocycles. The highest BCUT2D eigenvalue weighted by atomic mass is 16.2. The number of carbonyl (C=O) groups excluding carboxylic acids is 2. The number of amides is 2. The number of aryl methyl sites for hydroxylation is 1. The van der Waals surface area contributed by atoms with E-state index < -0.39 is 5.91 Å². The molecule has 0 aromatic heterocycles. The second-order valence-corrected chi connectivity index (χ2v) is 4.15. The average Bonchev–Trinajstić information content (AvgIpc) is 2.38. The number of fused-ring (bicyclic) bond motifs is 1. The maximum absolute atomic E-state index is 11.7. The maximum atomic E-state index is 11.7. The summed E-state index contributed by atoms with van der Waals surface area (Å²) in [4.78, 5) is 24.1. The third-order valence-corrected chi connectivity index (χ3v) is 2.97. The summed E-state index contributed by atoms with van der Waals surface area (Å²) in [5, 5.41) is 8.66. The molecule has 92 valence electrons. The van der Waals surface area contributed by atoms with E-state index in [4.69, 9.17) is 11.0 Å². The second kappa shape index (κ2) is 4.98. The topological polar surface area (TPSA) is 87.2 Å². The first kappa shape index (κ1) is 12.3. The number of carbonyl (C=O) groups is 2. The molecular weight excluding hydrogens is 230 g/mol. The highest BCUT2D eigenvalue weighted by Gasteiger charge is 2.29. The number of anilines is 1. The summed E-state index contributed by atoms with van der Waals surface area (Å²) in [7, 11) is 0. The number of hydrogen-bond donors (Lipinski definition) is 1. The average molecular weight is 243 g/mol. The fourth-order valence-electron chi connectivity index (χ4n) is 2.14. The first-order chi connectivity index (χ1) is 8.67. The Kier molecular flexibility index (Phi) is 3.40. The van der Waals surface area contributed by atoms with Crippen molar-refractivity contribution in [2.24, 2.45) is 5.73 Å². The van der Waals surface area contributed by atoms with Crippen molar-refractivity contribution in [3.05, 3.63) is 29.3 Å². The minimum atomic E-state index is -0.826. The highest BCUT2D eigenvalue weighted by molar-refractivity contribution is 6.21. The van der Waals surface area contributed by atoms with Crippen LogP contribution < -0.4 is 10.6 Å². The Morgan fingerprint density at radius 3 is 2.89 bits per heavy atom. The lowest BCUT2D eigenvalue weighted by molar-refractivity contribution is -0.124. The van der Waals surface area contributed by atoms with Gasteiger partial charge in [0, 0.05) is 6.42 Å². The molecule has 0 unspecified atom stereocenters. The molecule has 5 nitrogen and oxygen atoms in total. The van der Waals surface area contributed by atoms with Crippen LogP contribution in [0, 0.1) is 11.3 Å². The van der Waals surface area contributed by atoms with E-state index >= 15 is 0 Å². The van der Waals surface area contributed by atoms with Gasteiger partial charge in [-0.3, -0.25) is 9.59 Å². The summed E-state index contributed by atoms with van der Waals surface area (Å²) in [5.74, 6) is -1.15. The van der Waals surface area contributed by atoms with E-state index in [0.717, 1.165) is 22.4 Å². The van der Waals surface area contributed by atoms with Crippen molar-refractivity contribution in [2.45, 2.75) is 19.3 Å². The number of nitriles is 1. The van der Waals surface area contributed by atoms with Crippen molar-refractivity contribution in [2.75, 3.05) is 11.4 Å². The Balaban J connectivity index is 2.42. The number of hydrogen-bond acceptors (Lipinski definition) is 4. The van der Waals surface area contributed by atoms with Crippen molar-refractivity contribution < 1.29 is 9.59 Å². The van der Waals surface area contributed by atoms with E-state index in [1.807, 2.05) is 12.1 Å². The van der Waals surface area contributed by atoms with Crippen molar-refractivity contribution in [1.29, 1.82) is 5.26 Å². The molecule has 1 aliphatic rings. The molecule has 0 radical (unpaired) electrons. The van der Waals surface area contributed by atoms with Gasteiger partial charge in [0.05, 0.1) is 5.69 Å². The van der Waals surface area contributed by atoms with Crippen LogP contribution in [0.4, 0.5) is 5.69 Å². The number of benzene rings is 1. The smallest absolute Gasteiger partial charge is 0.330 e. The summed E-state index contributed by atoms with van der Waals surface area (Å²) in [6.45, 7) is 0.554. The van der Waals surface area contributed by atoms with Gasteiger partial charge in [-0.15, -0.1) is 0 Å². The SMILES string of the molecule is N#CC(=O)N1C(=O)CCc2cc(CCN)ccc21. The summed E-state index contributed by atoms with van der Waals surface area (Å²) in [6.07, 6.45) is 1.61. The van der Waals surface area contributed by atoms with Crippen LogP contribution in [0.25, 0.3) is 0 Å². The molecule has 0 atom stereocenters. The standard InChI is InChI=1S/C13H13N3O2/c14-6-5-9-1-3-11-10(7-9)2-4-12(17)16(11)13(18)8-15/h1,3,7H,2,4-6,14H2. The summed E-state index contributed by atoms with van der Waals surface area (Å²) < 4.78 is 0. The largest absolute Gasteiger partial charge is 0.336 e. The van der Waals surface area contributed by atoms with Gasteiger partial charge in [0.2, 0.25) is 5.91 Å². The molecule has 0 saturated heterocycles. The van der Waals surface area contributed by atoms with Gasteiger partial charge in [-0.2, -0.15) is 5.26 Å². The number of imide groups is 1. The highest BCUT2D eigenvalue weighted by Crippen LogP contribution is 2.28. The van der Waals surface area contributed by atoms with Crippen LogP contribution in [-0.4, -0.2) is 18.4 Å². The molecule has 0 bridgehead atoms. The Morgan fingerprint density at radius 1 is 1.44 bits per heavy atom. The molecule has 18 heavy (non-hydrogen) atoms. The minimum Gasteiger partial charge on any atom is -0.330 e. The molecule has 0 fully saturated rings. The third-order valence-electron chi connectivity index (χ3n) is 2.97. The zero-order chi connectivity index (χ0) is 13.1. The van der Waals surface area contributed by atoms with Gasteiger partial charge in [-0.05, 0) is 36.6 Å². The molecule has 2 rings (SSSR count). The van der Waals surface area contributed by atoms with Crippen LogP contribution in [0.2, 0.25) is 0 Å². The quantitative estimate of drug-likeness (QED) is 0.767. The number of nitrogens with two attached hydrogens (primary N) is 1. The summed E-state index contributed by atoms with van der Waals surface area (Å²) >= 11 is 0. The van der Waals surface area contributed by atoms with Crippen LogP contribution in [-0.2, 0) is 22.4 Å². The summed E-state index contributed by atoms with van der Waals surface area (Å²) in [6, 6.07) is 6.99. The zero-order valence-corrected chi connectivity index (χ0v) is 9.85. The summed E-state index contributed by atoms with van der Waals surface area (Å²) in [5.41, 5.74) is 8.02. The molecule has 1 aromatic carbocycles. The molecule has 5 heteroatoms. The molecule has 2 N–H and O–H groups in total. The van der Waals surface area contributed by atoms with Crippen molar-refractivity contribution >= 4 is 17.5 Å². The molecule has 0 saturated carbocycles. The van der Waals surface area contributed by atoms with E-state index in [0.29, 0.717) is 18.7 Å². The predicted molar refractivity (Wildman–Crippen MR) is 65.6 cm³/mol. The van der Waals surface area contributed by atoms with Crippen molar-refractivity contribution in [3.8, 4) is 6.07 Å². The first-order valence-electron chi connectivity index (χ1n) is 5.76. The van der Waals surface area contributed by atoms with Gasteiger partial charge < -0.3 is 5.73 Å². The van der Waals surface area contributed by atoms with E-state index in [1.165, 1.54) is 6.07 Å². The van der Waals surface area contributed by atoms with Gasteiger partial charge in [0.25, 0.3) is 0 Å². The zero-order valence-electron chi connectivity index (χ0n) is 9.85. The third kappa shape index (κ3) is 2.11. The van der Waals surface area contributed by atoms with Crippen LogP contribution in [0.15, 0.2) is 18.2 Å². The maximum Gasteiger partial charge on any atom is 0.336 e. The van der Waals surface area contributed by atoms with E-state index in [9.17, 15) is 9.59 Å². The van der Waals surface area contributed by atoms with Crippen LogP contribution >= 0.6 is 0 Å². The molecule has 0 aliphatic carbocycles. The fraction of sp³-hybridized carbons (Fsp3) is 0.308. The van der Waals surface area contributed by atoms with E-state index in [-0.39, 0.29) is 12.3 Å². The fourth-order valence-corrected chi connectivity index (χ4v) is 2.14. The van der Waals surface area contributed by atoms with E-state index in [2.05, 4.69) is 0 Å². The minimum absolute atomic E-state index is 0.256. The Labute approximate surface area is 105 Å². The first-order valence-corrected chi connectivity index (χ1v) is 5.76.